The second kappa shape index (κ2) is 10.2. The third-order valence-electron chi connectivity index (χ3n) is 10.1. The molecule has 0 aromatic heterocycles. The van der Waals surface area contributed by atoms with Gasteiger partial charge < -0.3 is 15.3 Å². The number of allylic oxidation sites excluding steroid dienone is 1. The molecule has 3 aliphatic rings. The van der Waals surface area contributed by atoms with Crippen molar-refractivity contribution in [2.75, 3.05) is 0 Å². The largest absolute Gasteiger partial charge is 0.508 e. The van der Waals surface area contributed by atoms with Crippen LogP contribution in [0.2, 0.25) is 0 Å². The van der Waals surface area contributed by atoms with Gasteiger partial charge in [-0.3, -0.25) is 0 Å². The molecule has 0 amide bonds. The molecule has 0 aliphatic heterocycles. The monoisotopic (exact) mass is 566 g/mol. The minimum absolute atomic E-state index is 0.0584. The van der Waals surface area contributed by atoms with Gasteiger partial charge in [0.2, 0.25) is 0 Å². The summed E-state index contributed by atoms with van der Waals surface area (Å²) >= 11 is 0. The van der Waals surface area contributed by atoms with Crippen LogP contribution in [0.4, 0.5) is 30.7 Å². The van der Waals surface area contributed by atoms with Crippen molar-refractivity contribution in [1.29, 1.82) is 0 Å². The Kier molecular flexibility index (Phi) is 7.91. The molecule has 0 heterocycles. The number of phenolic OH excluding ortho intramolecular Hbond substituents is 1. The first-order valence-electron chi connectivity index (χ1n) is 13.7. The van der Waals surface area contributed by atoms with Gasteiger partial charge in [-0.1, -0.05) is 38.3 Å². The smallest absolute Gasteiger partial charge is 0.459 e. The number of aliphatic hydroxyl groups excluding tert-OH is 2. The van der Waals surface area contributed by atoms with Crippen LogP contribution in [0.15, 0.2) is 30.9 Å². The Labute approximate surface area is 224 Å². The molecule has 3 nitrogen and oxygen atoms in total. The molecule has 1 aromatic rings. The number of aliphatic hydroxyl groups is 2. The third kappa shape index (κ3) is 4.77. The van der Waals surface area contributed by atoms with Crippen LogP contribution < -0.4 is 0 Å². The van der Waals surface area contributed by atoms with Crippen molar-refractivity contribution in [2.24, 2.45) is 22.7 Å². The fraction of sp³-hybridized carbons (Fsp3) is 0.724. The lowest BCUT2D eigenvalue weighted by Gasteiger charge is -2.60. The van der Waals surface area contributed by atoms with E-state index in [9.17, 15) is 46.1 Å². The molecule has 2 fully saturated rings. The number of aryl methyl sites for hydroxylation is 1. The molecular weight excluding hydrogens is 529 g/mol. The first kappa shape index (κ1) is 30.2. The van der Waals surface area contributed by atoms with Gasteiger partial charge in [-0.05, 0) is 96.8 Å². The Morgan fingerprint density at radius 3 is 2.41 bits per heavy atom. The number of aromatic hydroxyl groups is 1. The predicted molar refractivity (Wildman–Crippen MR) is 132 cm³/mol. The number of rotatable bonds is 9. The van der Waals surface area contributed by atoms with E-state index in [2.05, 4.69) is 13.5 Å². The lowest BCUT2D eigenvalue weighted by Crippen LogP contribution is -2.57. The first-order valence-corrected chi connectivity index (χ1v) is 13.7. The number of halogens is 7. The first-order chi connectivity index (χ1) is 18.0. The summed E-state index contributed by atoms with van der Waals surface area (Å²) in [6.07, 6.45) is -3.83. The van der Waals surface area contributed by atoms with E-state index in [1.807, 2.05) is 12.1 Å². The molecule has 39 heavy (non-hydrogen) atoms. The summed E-state index contributed by atoms with van der Waals surface area (Å²) in [5, 5.41) is 30.6. The van der Waals surface area contributed by atoms with Crippen LogP contribution in [-0.4, -0.2) is 45.5 Å². The maximum Gasteiger partial charge on any atom is 0.459 e. The molecule has 2 saturated carbocycles. The molecule has 0 saturated heterocycles. The molecule has 0 bridgehead atoms. The van der Waals surface area contributed by atoms with Gasteiger partial charge in [0.1, 0.15) is 11.9 Å². The average Bonchev–Trinajstić information content (AvgIpc) is 3.16. The fourth-order valence-corrected chi connectivity index (χ4v) is 8.19. The lowest BCUT2D eigenvalue weighted by atomic mass is 9.44. The molecule has 7 atom stereocenters. The Balaban J connectivity index is 1.49. The fourth-order valence-electron chi connectivity index (χ4n) is 8.19. The number of fused-ring (bicyclic) bond motifs is 5. The van der Waals surface area contributed by atoms with Crippen molar-refractivity contribution in [2.45, 2.75) is 107 Å². The van der Waals surface area contributed by atoms with Crippen molar-refractivity contribution in [3.8, 4) is 5.75 Å². The Hall–Kier alpha value is -1.81. The minimum atomic E-state index is -6.47. The van der Waals surface area contributed by atoms with E-state index in [1.54, 1.807) is 12.1 Å². The summed E-state index contributed by atoms with van der Waals surface area (Å²) in [4.78, 5) is 0. The van der Waals surface area contributed by atoms with E-state index in [4.69, 9.17) is 0 Å². The quantitative estimate of drug-likeness (QED) is 0.165. The molecule has 3 N–H and O–H groups in total. The highest BCUT2D eigenvalue weighted by atomic mass is 19.4. The summed E-state index contributed by atoms with van der Waals surface area (Å²) in [5.41, 5.74) is 1.56. The van der Waals surface area contributed by atoms with Gasteiger partial charge in [0.15, 0.2) is 0 Å². The van der Waals surface area contributed by atoms with Gasteiger partial charge in [-0.15, -0.1) is 6.58 Å². The van der Waals surface area contributed by atoms with E-state index >= 15 is 0 Å². The highest BCUT2D eigenvalue weighted by Gasteiger charge is 2.75. The van der Waals surface area contributed by atoms with Crippen LogP contribution >= 0.6 is 0 Å². The second-order valence-corrected chi connectivity index (χ2v) is 12.1. The Morgan fingerprint density at radius 2 is 1.77 bits per heavy atom. The lowest BCUT2D eigenvalue weighted by molar-refractivity contribution is -0.371. The normalized spacial score (nSPS) is 33.7. The van der Waals surface area contributed by atoms with Gasteiger partial charge in [0.25, 0.3) is 0 Å². The Bertz CT molecular complexity index is 1060. The SMILES string of the molecule is C=C[C@@]12CCc3cc(O)ccc3[C@H]1[C@@H](CCCCC[C@H](O)C(F)(F)C(F)(F)C(F)(F)F)C[C@@]1(C)[C@H]2CC[C@@H]1O. The number of benzene rings is 1. The summed E-state index contributed by atoms with van der Waals surface area (Å²) in [5.74, 6) is -11.4. The van der Waals surface area contributed by atoms with E-state index in [0.717, 1.165) is 36.8 Å². The van der Waals surface area contributed by atoms with E-state index in [1.165, 1.54) is 0 Å². The molecule has 3 aliphatic carbocycles. The Morgan fingerprint density at radius 1 is 1.08 bits per heavy atom. The maximum absolute atomic E-state index is 13.8. The van der Waals surface area contributed by atoms with E-state index in [0.29, 0.717) is 19.3 Å². The summed E-state index contributed by atoms with van der Waals surface area (Å²) in [7, 11) is 0. The molecular formula is C29H37F7O3. The van der Waals surface area contributed by atoms with Crippen molar-refractivity contribution >= 4 is 0 Å². The molecule has 0 unspecified atom stereocenters. The van der Waals surface area contributed by atoms with E-state index in [-0.39, 0.29) is 47.2 Å². The van der Waals surface area contributed by atoms with Gasteiger partial charge in [-0.25, -0.2) is 0 Å². The summed E-state index contributed by atoms with van der Waals surface area (Å²) in [6, 6.07) is 5.37. The van der Waals surface area contributed by atoms with Crippen molar-refractivity contribution in [1.82, 2.24) is 0 Å². The number of alkyl halides is 7. The summed E-state index contributed by atoms with van der Waals surface area (Å²) in [6.45, 7) is 6.33. The zero-order chi connectivity index (χ0) is 29.0. The number of hydrogen-bond donors (Lipinski definition) is 3. The van der Waals surface area contributed by atoms with Crippen molar-refractivity contribution in [3.63, 3.8) is 0 Å². The van der Waals surface area contributed by atoms with Crippen molar-refractivity contribution < 1.29 is 46.1 Å². The van der Waals surface area contributed by atoms with Crippen LogP contribution in [0.1, 0.15) is 81.8 Å². The number of hydrogen-bond acceptors (Lipinski definition) is 3. The van der Waals surface area contributed by atoms with Crippen LogP contribution in [0.3, 0.4) is 0 Å². The predicted octanol–water partition coefficient (Wildman–Crippen LogP) is 7.54. The topological polar surface area (TPSA) is 60.7 Å². The summed E-state index contributed by atoms with van der Waals surface area (Å²) < 4.78 is 91.3. The van der Waals surface area contributed by atoms with E-state index < -0.39 is 36.7 Å². The number of unbranched alkanes of at least 4 members (excludes halogenated alkanes) is 2. The zero-order valence-corrected chi connectivity index (χ0v) is 22.0. The molecule has 0 radical (unpaired) electrons. The highest BCUT2D eigenvalue weighted by molar-refractivity contribution is 5.43. The maximum atomic E-state index is 13.8. The molecule has 4 rings (SSSR count). The standard InChI is InChI=1S/C29H37F7O3/c1-3-26-14-13-17-15-19(37)9-10-20(17)24(26)18(16-25(2)21(26)11-12-22(25)38)7-5-4-6-8-23(39)27(30,31)28(32,33)29(34,35)36/h3,9-10,15,18,21-24,37-39H,1,4-8,11-14,16H2,2H3/t18-,21+,22-,23-,24+,25-,26-/m0/s1. The van der Waals surface area contributed by atoms with Gasteiger partial charge in [-0.2, -0.15) is 30.7 Å². The van der Waals surface area contributed by atoms with Crippen LogP contribution in [0.25, 0.3) is 0 Å². The minimum Gasteiger partial charge on any atom is -0.508 e. The second-order valence-electron chi connectivity index (χ2n) is 12.1. The van der Waals surface area contributed by atoms with Crippen LogP contribution in [0, 0.1) is 22.7 Å². The molecule has 220 valence electrons. The van der Waals surface area contributed by atoms with Crippen molar-refractivity contribution in [3.05, 3.63) is 42.0 Å². The van der Waals surface area contributed by atoms with Gasteiger partial charge >= 0.3 is 18.0 Å². The molecule has 10 heteroatoms. The van der Waals surface area contributed by atoms with Gasteiger partial charge in [0, 0.05) is 0 Å². The average molecular weight is 567 g/mol. The van der Waals surface area contributed by atoms with Crippen LogP contribution in [-0.2, 0) is 6.42 Å². The third-order valence-corrected chi connectivity index (χ3v) is 10.1. The highest BCUT2D eigenvalue weighted by Crippen LogP contribution is 2.69. The number of phenols is 1. The zero-order valence-electron chi connectivity index (χ0n) is 22.0. The molecule has 0 spiro atoms. The van der Waals surface area contributed by atoms with Crippen LogP contribution in [0.5, 0.6) is 5.75 Å². The molecule has 1 aromatic carbocycles. The van der Waals surface area contributed by atoms with Gasteiger partial charge in [0.05, 0.1) is 6.10 Å².